The number of fused-ring (bicyclic) bond motifs is 2. The molecule has 0 radical (unpaired) electrons. The minimum absolute atomic E-state index is 0.0186. The van der Waals surface area contributed by atoms with Crippen LogP contribution in [-0.4, -0.2) is 40.7 Å². The van der Waals surface area contributed by atoms with Crippen molar-refractivity contribution in [3.8, 4) is 17.4 Å². The Kier molecular flexibility index (Phi) is 6.98. The van der Waals surface area contributed by atoms with Gasteiger partial charge in [0, 0.05) is 5.39 Å². The van der Waals surface area contributed by atoms with Gasteiger partial charge in [-0.3, -0.25) is 9.59 Å². The third-order valence-corrected chi connectivity index (χ3v) is 6.46. The van der Waals surface area contributed by atoms with E-state index >= 15 is 0 Å². The summed E-state index contributed by atoms with van der Waals surface area (Å²) in [6, 6.07) is 19.4. The SMILES string of the molecule is O=C(CNC(=O)[C@H]1COc2ccccc2O1)N=Nc1c(O)n(Cc2ccc(Cl)c(Cl)c2)c2ccccc12. The normalized spacial score (nSPS) is 14.7. The number of carbonyl (C=O) groups is 2. The fourth-order valence-corrected chi connectivity index (χ4v) is 4.24. The molecule has 1 aromatic heterocycles. The molecule has 11 heteroatoms. The molecule has 188 valence electrons. The molecule has 9 nitrogen and oxygen atoms in total. The number of carbonyl (C=O) groups excluding carboxylic acids is 2. The fourth-order valence-electron chi connectivity index (χ4n) is 3.92. The van der Waals surface area contributed by atoms with Gasteiger partial charge in [0.05, 0.1) is 22.1 Å². The van der Waals surface area contributed by atoms with Gasteiger partial charge in [-0.15, -0.1) is 10.2 Å². The first-order chi connectivity index (χ1) is 17.9. The summed E-state index contributed by atoms with van der Waals surface area (Å²) in [6.07, 6.45) is -0.900. The van der Waals surface area contributed by atoms with Crippen molar-refractivity contribution in [3.63, 3.8) is 0 Å². The van der Waals surface area contributed by atoms with E-state index < -0.39 is 24.5 Å². The van der Waals surface area contributed by atoms with E-state index in [1.807, 2.05) is 12.1 Å². The molecule has 0 fully saturated rings. The number of ether oxygens (including phenoxy) is 2. The van der Waals surface area contributed by atoms with E-state index in [0.717, 1.165) is 5.56 Å². The van der Waals surface area contributed by atoms with Gasteiger partial charge in [0.1, 0.15) is 13.2 Å². The third kappa shape index (κ3) is 5.23. The number of para-hydroxylation sites is 3. The van der Waals surface area contributed by atoms with Gasteiger partial charge >= 0.3 is 0 Å². The summed E-state index contributed by atoms with van der Waals surface area (Å²) in [5.41, 5.74) is 1.63. The van der Waals surface area contributed by atoms with E-state index in [4.69, 9.17) is 32.7 Å². The van der Waals surface area contributed by atoms with Crippen molar-refractivity contribution >= 4 is 51.6 Å². The molecule has 4 aromatic rings. The minimum Gasteiger partial charge on any atom is -0.493 e. The van der Waals surface area contributed by atoms with Crippen LogP contribution in [-0.2, 0) is 16.1 Å². The first-order valence-corrected chi connectivity index (χ1v) is 12.0. The lowest BCUT2D eigenvalue weighted by atomic mass is 10.2. The lowest BCUT2D eigenvalue weighted by Gasteiger charge is -2.25. The average Bonchev–Trinajstić information content (AvgIpc) is 3.18. The molecule has 2 amide bonds. The van der Waals surface area contributed by atoms with Crippen molar-refractivity contribution in [2.75, 3.05) is 13.2 Å². The zero-order valence-corrected chi connectivity index (χ0v) is 20.7. The number of benzene rings is 3. The molecule has 0 spiro atoms. The summed E-state index contributed by atoms with van der Waals surface area (Å²) < 4.78 is 12.8. The number of halogens is 2. The molecule has 37 heavy (non-hydrogen) atoms. The van der Waals surface area contributed by atoms with Gasteiger partial charge < -0.3 is 24.5 Å². The van der Waals surface area contributed by atoms with E-state index in [0.29, 0.717) is 32.4 Å². The van der Waals surface area contributed by atoms with Crippen LogP contribution in [0.15, 0.2) is 77.0 Å². The molecule has 0 saturated heterocycles. The smallest absolute Gasteiger partial charge is 0.283 e. The Bertz CT molecular complexity index is 1530. The van der Waals surface area contributed by atoms with Crippen molar-refractivity contribution in [1.29, 1.82) is 0 Å². The topological polar surface area (TPSA) is 115 Å². The van der Waals surface area contributed by atoms with Crippen LogP contribution in [0, 0.1) is 0 Å². The van der Waals surface area contributed by atoms with E-state index in [1.165, 1.54) is 0 Å². The second kappa shape index (κ2) is 10.5. The molecule has 1 aliphatic rings. The molecular formula is C26H20Cl2N4O5. The van der Waals surface area contributed by atoms with E-state index in [-0.39, 0.29) is 24.7 Å². The summed E-state index contributed by atoms with van der Waals surface area (Å²) in [6.45, 7) is -0.0906. The maximum absolute atomic E-state index is 12.4. The lowest BCUT2D eigenvalue weighted by Crippen LogP contribution is -2.45. The summed E-state index contributed by atoms with van der Waals surface area (Å²) in [5, 5.41) is 22.5. The van der Waals surface area contributed by atoms with Crippen molar-refractivity contribution in [2.24, 2.45) is 10.2 Å². The Hall–Kier alpha value is -4.08. The van der Waals surface area contributed by atoms with Gasteiger partial charge in [-0.1, -0.05) is 59.6 Å². The number of aromatic hydroxyl groups is 1. The third-order valence-electron chi connectivity index (χ3n) is 5.72. The first kappa shape index (κ1) is 24.6. The highest BCUT2D eigenvalue weighted by Gasteiger charge is 2.27. The summed E-state index contributed by atoms with van der Waals surface area (Å²) >= 11 is 12.1. The Morgan fingerprint density at radius 1 is 1.03 bits per heavy atom. The van der Waals surface area contributed by atoms with E-state index in [9.17, 15) is 14.7 Å². The highest BCUT2D eigenvalue weighted by Crippen LogP contribution is 2.39. The van der Waals surface area contributed by atoms with Gasteiger partial charge in [0.15, 0.2) is 17.2 Å². The van der Waals surface area contributed by atoms with Crippen LogP contribution in [0.4, 0.5) is 5.69 Å². The standard InChI is InChI=1S/C26H20Cl2N4O5/c27-17-10-9-15(11-18(17)28)13-32-19-6-2-1-5-16(19)24(26(32)35)31-30-23(33)12-29-25(34)22-14-36-20-7-3-4-8-21(20)37-22/h1-11,22,35H,12-14H2,(H,29,34)/t22-/m1/s1. The van der Waals surface area contributed by atoms with Crippen molar-refractivity contribution < 1.29 is 24.2 Å². The highest BCUT2D eigenvalue weighted by molar-refractivity contribution is 6.42. The molecule has 1 atom stereocenters. The van der Waals surface area contributed by atoms with Crippen molar-refractivity contribution in [2.45, 2.75) is 12.6 Å². The van der Waals surface area contributed by atoms with Gasteiger partial charge in [-0.05, 0) is 35.9 Å². The van der Waals surface area contributed by atoms with Gasteiger partial charge in [0.2, 0.25) is 12.0 Å². The van der Waals surface area contributed by atoms with E-state index in [1.54, 1.807) is 59.2 Å². The summed E-state index contributed by atoms with van der Waals surface area (Å²) in [4.78, 5) is 24.8. The van der Waals surface area contributed by atoms with Crippen LogP contribution in [0.5, 0.6) is 17.4 Å². The number of aromatic nitrogens is 1. The number of nitrogens with zero attached hydrogens (tertiary/aromatic N) is 3. The fraction of sp³-hybridized carbons (Fsp3) is 0.154. The molecule has 0 saturated carbocycles. The quantitative estimate of drug-likeness (QED) is 0.324. The van der Waals surface area contributed by atoms with Crippen LogP contribution in [0.1, 0.15) is 5.56 Å². The molecule has 2 heterocycles. The molecule has 0 unspecified atom stereocenters. The summed E-state index contributed by atoms with van der Waals surface area (Å²) in [5.74, 6) is -0.383. The maximum atomic E-state index is 12.4. The molecule has 1 aliphatic heterocycles. The number of amides is 2. The second-order valence-electron chi connectivity index (χ2n) is 8.20. The molecular weight excluding hydrogens is 519 g/mol. The predicted molar refractivity (Wildman–Crippen MR) is 138 cm³/mol. The van der Waals surface area contributed by atoms with Gasteiger partial charge in [-0.2, -0.15) is 0 Å². The monoisotopic (exact) mass is 538 g/mol. The first-order valence-electron chi connectivity index (χ1n) is 11.3. The van der Waals surface area contributed by atoms with Crippen LogP contribution in [0.2, 0.25) is 10.0 Å². The number of nitrogens with one attached hydrogen (secondary N) is 1. The van der Waals surface area contributed by atoms with Crippen LogP contribution in [0.25, 0.3) is 10.9 Å². The van der Waals surface area contributed by atoms with Crippen LogP contribution < -0.4 is 14.8 Å². The van der Waals surface area contributed by atoms with Gasteiger partial charge in [0.25, 0.3) is 11.8 Å². The Labute approximate surface area is 221 Å². The molecule has 0 aliphatic carbocycles. The maximum Gasteiger partial charge on any atom is 0.283 e. The van der Waals surface area contributed by atoms with E-state index in [2.05, 4.69) is 15.5 Å². The Balaban J connectivity index is 1.28. The number of azo groups is 1. The van der Waals surface area contributed by atoms with Crippen molar-refractivity contribution in [1.82, 2.24) is 9.88 Å². The number of hydrogen-bond donors (Lipinski definition) is 2. The largest absolute Gasteiger partial charge is 0.493 e. The predicted octanol–water partition coefficient (Wildman–Crippen LogP) is 5.27. The average molecular weight is 539 g/mol. The molecule has 0 bridgehead atoms. The molecule has 2 N–H and O–H groups in total. The van der Waals surface area contributed by atoms with Crippen LogP contribution >= 0.6 is 23.2 Å². The number of rotatable bonds is 6. The number of hydrogen-bond acceptors (Lipinski definition) is 6. The molecule has 3 aromatic carbocycles. The minimum atomic E-state index is -0.900. The second-order valence-corrected chi connectivity index (χ2v) is 9.01. The Morgan fingerprint density at radius 2 is 1.78 bits per heavy atom. The zero-order chi connectivity index (χ0) is 25.9. The van der Waals surface area contributed by atoms with Crippen LogP contribution in [0.3, 0.4) is 0 Å². The van der Waals surface area contributed by atoms with Crippen molar-refractivity contribution in [3.05, 3.63) is 82.3 Å². The zero-order valence-electron chi connectivity index (χ0n) is 19.2. The highest BCUT2D eigenvalue weighted by atomic mass is 35.5. The van der Waals surface area contributed by atoms with Gasteiger partial charge in [-0.25, -0.2) is 0 Å². The lowest BCUT2D eigenvalue weighted by molar-refractivity contribution is -0.132. The Morgan fingerprint density at radius 3 is 2.59 bits per heavy atom. The summed E-state index contributed by atoms with van der Waals surface area (Å²) in [7, 11) is 0. The molecule has 5 rings (SSSR count).